The highest BCUT2D eigenvalue weighted by Gasteiger charge is 2.21. The second-order valence-electron chi connectivity index (χ2n) is 3.67. The Hall–Kier alpha value is -2.44. The van der Waals surface area contributed by atoms with Gasteiger partial charge < -0.3 is 10.8 Å². The average Bonchev–Trinajstić information content (AvgIpc) is 2.60. The zero-order valence-electron chi connectivity index (χ0n) is 9.32. The first-order valence-electron chi connectivity index (χ1n) is 4.93. The van der Waals surface area contributed by atoms with Crippen LogP contribution in [0.5, 0.6) is 0 Å². The van der Waals surface area contributed by atoms with E-state index in [1.165, 1.54) is 17.8 Å². The van der Waals surface area contributed by atoms with E-state index < -0.39 is 17.6 Å². The number of benzene rings is 1. The number of nitrogens with zero attached hydrogens (tertiary/aromatic N) is 2. The molecule has 18 heavy (non-hydrogen) atoms. The quantitative estimate of drug-likeness (QED) is 0.852. The third-order valence-electron chi connectivity index (χ3n) is 2.50. The molecule has 0 radical (unpaired) electrons. The van der Waals surface area contributed by atoms with Crippen molar-refractivity contribution >= 4 is 11.8 Å². The van der Waals surface area contributed by atoms with Crippen LogP contribution in [0.3, 0.4) is 0 Å². The number of anilines is 1. The van der Waals surface area contributed by atoms with E-state index in [4.69, 9.17) is 10.8 Å². The maximum absolute atomic E-state index is 13.1. The van der Waals surface area contributed by atoms with E-state index >= 15 is 0 Å². The highest BCUT2D eigenvalue weighted by atomic mass is 19.2. The summed E-state index contributed by atoms with van der Waals surface area (Å²) in [6.07, 6.45) is 0. The lowest BCUT2D eigenvalue weighted by Crippen LogP contribution is -2.00. The molecule has 0 amide bonds. The van der Waals surface area contributed by atoms with Gasteiger partial charge in [0.15, 0.2) is 17.3 Å². The van der Waals surface area contributed by atoms with Crippen molar-refractivity contribution in [2.75, 3.05) is 5.73 Å². The summed E-state index contributed by atoms with van der Waals surface area (Å²) in [6.45, 7) is 0. The topological polar surface area (TPSA) is 81.1 Å². The van der Waals surface area contributed by atoms with E-state index in [0.29, 0.717) is 0 Å². The first-order chi connectivity index (χ1) is 8.41. The summed E-state index contributed by atoms with van der Waals surface area (Å²) in [4.78, 5) is 11.0. The number of hydrogen-bond acceptors (Lipinski definition) is 3. The number of aromatic carboxylic acids is 1. The maximum atomic E-state index is 13.1. The molecule has 0 bridgehead atoms. The van der Waals surface area contributed by atoms with Gasteiger partial charge in [-0.3, -0.25) is 4.68 Å². The van der Waals surface area contributed by atoms with E-state index in [1.807, 2.05) is 0 Å². The van der Waals surface area contributed by atoms with Gasteiger partial charge >= 0.3 is 5.97 Å². The molecule has 0 unspecified atom stereocenters. The number of carboxylic acid groups (broad SMARTS) is 1. The van der Waals surface area contributed by atoms with Gasteiger partial charge in [0.2, 0.25) is 0 Å². The molecular formula is C11H9F2N3O2. The van der Waals surface area contributed by atoms with Gasteiger partial charge in [-0.1, -0.05) is 6.07 Å². The summed E-state index contributed by atoms with van der Waals surface area (Å²) in [5.74, 6) is -3.31. The van der Waals surface area contributed by atoms with Crippen molar-refractivity contribution in [2.24, 2.45) is 7.05 Å². The molecule has 0 spiro atoms. The van der Waals surface area contributed by atoms with Gasteiger partial charge in [0.25, 0.3) is 0 Å². The Kier molecular flexibility index (Phi) is 2.74. The Morgan fingerprint density at radius 1 is 1.39 bits per heavy atom. The summed E-state index contributed by atoms with van der Waals surface area (Å²) < 4.78 is 27.1. The molecule has 1 aromatic heterocycles. The van der Waals surface area contributed by atoms with Crippen molar-refractivity contribution in [1.29, 1.82) is 0 Å². The highest BCUT2D eigenvalue weighted by molar-refractivity contribution is 5.97. The fourth-order valence-corrected chi connectivity index (χ4v) is 1.62. The van der Waals surface area contributed by atoms with Crippen LogP contribution in [0.15, 0.2) is 18.2 Å². The minimum Gasteiger partial charge on any atom is -0.476 e. The van der Waals surface area contributed by atoms with Gasteiger partial charge in [-0.2, -0.15) is 5.10 Å². The number of carbonyl (C=O) groups is 1. The summed E-state index contributed by atoms with van der Waals surface area (Å²) in [5.41, 5.74) is 5.61. The van der Waals surface area contributed by atoms with E-state index in [2.05, 4.69) is 5.10 Å². The number of aromatic nitrogens is 2. The van der Waals surface area contributed by atoms with E-state index in [1.54, 1.807) is 0 Å². The van der Waals surface area contributed by atoms with Crippen molar-refractivity contribution in [3.63, 3.8) is 0 Å². The van der Waals surface area contributed by atoms with Crippen LogP contribution in [0.1, 0.15) is 10.5 Å². The van der Waals surface area contributed by atoms with Crippen LogP contribution in [-0.4, -0.2) is 20.9 Å². The second-order valence-corrected chi connectivity index (χ2v) is 3.67. The SMILES string of the molecule is Cn1nc(C(=O)O)c(-c2ccc(F)c(F)c2)c1N. The van der Waals surface area contributed by atoms with Gasteiger partial charge in [0.1, 0.15) is 5.82 Å². The molecule has 3 N–H and O–H groups in total. The molecule has 5 nitrogen and oxygen atoms in total. The van der Waals surface area contributed by atoms with E-state index in [0.717, 1.165) is 12.1 Å². The minimum absolute atomic E-state index is 0.0680. The highest BCUT2D eigenvalue weighted by Crippen LogP contribution is 2.30. The van der Waals surface area contributed by atoms with Crippen molar-refractivity contribution in [1.82, 2.24) is 9.78 Å². The Balaban J connectivity index is 2.69. The lowest BCUT2D eigenvalue weighted by molar-refractivity contribution is 0.0690. The molecule has 1 aromatic carbocycles. The zero-order chi connectivity index (χ0) is 13.4. The van der Waals surface area contributed by atoms with Crippen molar-refractivity contribution < 1.29 is 18.7 Å². The third kappa shape index (κ3) is 1.79. The van der Waals surface area contributed by atoms with Gasteiger partial charge in [0, 0.05) is 7.05 Å². The second kappa shape index (κ2) is 4.10. The first-order valence-corrected chi connectivity index (χ1v) is 4.93. The first kappa shape index (κ1) is 12.0. The molecule has 0 fully saturated rings. The maximum Gasteiger partial charge on any atom is 0.357 e. The van der Waals surface area contributed by atoms with Gasteiger partial charge in [0.05, 0.1) is 5.56 Å². The van der Waals surface area contributed by atoms with Crippen LogP contribution >= 0.6 is 0 Å². The molecule has 0 aliphatic heterocycles. The Morgan fingerprint density at radius 3 is 2.61 bits per heavy atom. The molecule has 7 heteroatoms. The molecule has 94 valence electrons. The summed E-state index contributed by atoms with van der Waals surface area (Å²) in [7, 11) is 1.46. The van der Waals surface area contributed by atoms with E-state index in [-0.39, 0.29) is 22.6 Å². The predicted molar refractivity (Wildman–Crippen MR) is 59.9 cm³/mol. The van der Waals surface area contributed by atoms with Crippen LogP contribution in [0.25, 0.3) is 11.1 Å². The average molecular weight is 253 g/mol. The number of halogens is 2. The Bertz CT molecular complexity index is 637. The van der Waals surface area contributed by atoms with Crippen LogP contribution in [-0.2, 0) is 7.05 Å². The van der Waals surface area contributed by atoms with Crippen LogP contribution in [0.2, 0.25) is 0 Å². The number of rotatable bonds is 2. The van der Waals surface area contributed by atoms with E-state index in [9.17, 15) is 13.6 Å². The monoisotopic (exact) mass is 253 g/mol. The number of nitrogens with two attached hydrogens (primary N) is 1. The normalized spacial score (nSPS) is 10.6. The number of hydrogen-bond donors (Lipinski definition) is 2. The molecular weight excluding hydrogens is 244 g/mol. The molecule has 0 saturated heterocycles. The molecule has 2 aromatic rings. The van der Waals surface area contributed by atoms with Crippen molar-refractivity contribution in [2.45, 2.75) is 0 Å². The van der Waals surface area contributed by atoms with Crippen molar-refractivity contribution in [3.8, 4) is 11.1 Å². The minimum atomic E-state index is -1.29. The molecule has 0 aliphatic carbocycles. The van der Waals surface area contributed by atoms with Crippen LogP contribution in [0, 0.1) is 11.6 Å². The molecule has 0 saturated carbocycles. The molecule has 2 rings (SSSR count). The van der Waals surface area contributed by atoms with Gasteiger partial charge in [-0.25, -0.2) is 13.6 Å². The number of nitrogen functional groups attached to an aromatic ring is 1. The van der Waals surface area contributed by atoms with Crippen LogP contribution < -0.4 is 5.73 Å². The molecule has 0 atom stereocenters. The zero-order valence-corrected chi connectivity index (χ0v) is 9.32. The lowest BCUT2D eigenvalue weighted by atomic mass is 10.1. The smallest absolute Gasteiger partial charge is 0.357 e. The largest absolute Gasteiger partial charge is 0.476 e. The van der Waals surface area contributed by atoms with Crippen molar-refractivity contribution in [3.05, 3.63) is 35.5 Å². The lowest BCUT2D eigenvalue weighted by Gasteiger charge is -2.02. The number of carboxylic acids is 1. The predicted octanol–water partition coefficient (Wildman–Crippen LogP) is 1.65. The Morgan fingerprint density at radius 2 is 2.06 bits per heavy atom. The Labute approximate surface area is 100 Å². The number of aryl methyl sites for hydroxylation is 1. The summed E-state index contributed by atoms with van der Waals surface area (Å²) >= 11 is 0. The molecule has 1 heterocycles. The van der Waals surface area contributed by atoms with Gasteiger partial charge in [-0.15, -0.1) is 0 Å². The molecule has 0 aliphatic rings. The standard InChI is InChI=1S/C11H9F2N3O2/c1-16-10(14)8(9(15-16)11(17)18)5-2-3-6(12)7(13)4-5/h2-4H,14H2,1H3,(H,17,18). The van der Waals surface area contributed by atoms with Crippen LogP contribution in [0.4, 0.5) is 14.6 Å². The van der Waals surface area contributed by atoms with Gasteiger partial charge in [-0.05, 0) is 17.7 Å². The fraction of sp³-hybridized carbons (Fsp3) is 0.0909. The third-order valence-corrected chi connectivity index (χ3v) is 2.50. The summed E-state index contributed by atoms with van der Waals surface area (Å²) in [6, 6.07) is 3.04. The fourth-order valence-electron chi connectivity index (χ4n) is 1.62. The summed E-state index contributed by atoms with van der Waals surface area (Å²) in [5, 5.41) is 12.7.